The second kappa shape index (κ2) is 13.1. The Balaban J connectivity index is 1.32. The second-order valence-electron chi connectivity index (χ2n) is 12.1. The lowest BCUT2D eigenvalue weighted by atomic mass is 9.93. The topological polar surface area (TPSA) is 74.8 Å². The molecule has 1 aliphatic heterocycles. The Bertz CT molecular complexity index is 2610. The number of para-hydroxylation sites is 1. The third-order valence-electron chi connectivity index (χ3n) is 9.13. The molecule has 7 nitrogen and oxygen atoms in total. The Morgan fingerprint density at radius 2 is 1.58 bits per heavy atom. The monoisotopic (exact) mass is 675 g/mol. The minimum atomic E-state index is -0.763. The molecule has 0 amide bonds. The summed E-state index contributed by atoms with van der Waals surface area (Å²) in [7, 11) is 1.61. The predicted molar refractivity (Wildman–Crippen MR) is 199 cm³/mol. The third-order valence-corrected chi connectivity index (χ3v) is 10.1. The van der Waals surface area contributed by atoms with Crippen molar-refractivity contribution in [2.24, 2.45) is 4.99 Å². The van der Waals surface area contributed by atoms with Crippen LogP contribution in [0, 0.1) is 0 Å². The Morgan fingerprint density at radius 3 is 2.36 bits per heavy atom. The maximum absolute atomic E-state index is 14.6. The zero-order valence-corrected chi connectivity index (χ0v) is 28.4. The van der Waals surface area contributed by atoms with Gasteiger partial charge < -0.3 is 14.0 Å². The number of esters is 1. The molecular weight excluding hydrogens is 643 g/mol. The first-order chi connectivity index (χ1) is 24.5. The summed E-state index contributed by atoms with van der Waals surface area (Å²) >= 11 is 1.32. The van der Waals surface area contributed by atoms with Crippen molar-refractivity contribution >= 4 is 50.8 Å². The molecule has 3 heterocycles. The van der Waals surface area contributed by atoms with Crippen molar-refractivity contribution in [3.05, 3.63) is 175 Å². The van der Waals surface area contributed by atoms with E-state index in [2.05, 4.69) is 65.4 Å². The summed E-state index contributed by atoms with van der Waals surface area (Å²) in [6.07, 6.45) is 4.07. The van der Waals surface area contributed by atoms with Crippen LogP contribution in [0.1, 0.15) is 35.2 Å². The molecule has 8 rings (SSSR count). The van der Waals surface area contributed by atoms with E-state index in [4.69, 9.17) is 14.5 Å². The summed E-state index contributed by atoms with van der Waals surface area (Å²) in [5, 5.41) is 3.46. The van der Waals surface area contributed by atoms with Crippen LogP contribution in [0.25, 0.3) is 33.4 Å². The lowest BCUT2D eigenvalue weighted by Crippen LogP contribution is -2.40. The van der Waals surface area contributed by atoms with Gasteiger partial charge in [0.1, 0.15) is 5.75 Å². The summed E-state index contributed by atoms with van der Waals surface area (Å²) in [5.41, 5.74) is 5.31. The van der Waals surface area contributed by atoms with Gasteiger partial charge in [-0.15, -0.1) is 0 Å². The third kappa shape index (κ3) is 5.53. The van der Waals surface area contributed by atoms with Crippen molar-refractivity contribution in [3.63, 3.8) is 0 Å². The van der Waals surface area contributed by atoms with E-state index < -0.39 is 12.0 Å². The molecule has 246 valence electrons. The van der Waals surface area contributed by atoms with Crippen LogP contribution in [-0.4, -0.2) is 28.8 Å². The van der Waals surface area contributed by atoms with Gasteiger partial charge in [0, 0.05) is 34.8 Å². The number of ether oxygens (including phenoxy) is 2. The van der Waals surface area contributed by atoms with Crippen LogP contribution in [0.4, 0.5) is 0 Å². The molecule has 0 N–H and O–H groups in total. The fourth-order valence-corrected chi connectivity index (χ4v) is 7.81. The Morgan fingerprint density at radius 1 is 0.860 bits per heavy atom. The van der Waals surface area contributed by atoms with Gasteiger partial charge in [-0.3, -0.25) is 9.36 Å². The highest BCUT2D eigenvalue weighted by Crippen LogP contribution is 2.36. The molecule has 50 heavy (non-hydrogen) atoms. The molecule has 0 fully saturated rings. The number of carbonyl (C=O) groups is 1. The van der Waals surface area contributed by atoms with Crippen LogP contribution in [0.5, 0.6) is 5.75 Å². The smallest absolute Gasteiger partial charge is 0.338 e. The van der Waals surface area contributed by atoms with E-state index in [0.29, 0.717) is 32.9 Å². The number of rotatable bonds is 8. The van der Waals surface area contributed by atoms with Crippen molar-refractivity contribution in [1.82, 2.24) is 9.13 Å². The van der Waals surface area contributed by atoms with Gasteiger partial charge in [-0.25, -0.2) is 9.79 Å². The Labute approximate surface area is 292 Å². The van der Waals surface area contributed by atoms with Crippen LogP contribution < -0.4 is 19.6 Å². The van der Waals surface area contributed by atoms with Crippen molar-refractivity contribution in [2.45, 2.75) is 19.5 Å². The molecule has 5 aromatic carbocycles. The van der Waals surface area contributed by atoms with Crippen molar-refractivity contribution in [2.75, 3.05) is 13.7 Å². The normalized spacial score (nSPS) is 14.5. The maximum atomic E-state index is 14.6. The van der Waals surface area contributed by atoms with Gasteiger partial charge in [0.25, 0.3) is 5.56 Å². The van der Waals surface area contributed by atoms with E-state index in [1.165, 1.54) is 27.7 Å². The summed E-state index contributed by atoms with van der Waals surface area (Å²) < 4.78 is 15.4. The highest BCUT2D eigenvalue weighted by Gasteiger charge is 2.35. The first kappa shape index (κ1) is 31.3. The number of aromatic nitrogens is 2. The number of hydrogen-bond acceptors (Lipinski definition) is 6. The van der Waals surface area contributed by atoms with E-state index in [9.17, 15) is 9.59 Å². The van der Waals surface area contributed by atoms with E-state index in [-0.39, 0.29) is 12.2 Å². The van der Waals surface area contributed by atoms with E-state index in [0.717, 1.165) is 27.6 Å². The largest absolute Gasteiger partial charge is 0.497 e. The van der Waals surface area contributed by atoms with E-state index in [1.807, 2.05) is 72.8 Å². The van der Waals surface area contributed by atoms with Crippen molar-refractivity contribution < 1.29 is 14.3 Å². The number of hydrogen-bond donors (Lipinski definition) is 0. The molecule has 2 aromatic heterocycles. The molecule has 0 saturated heterocycles. The summed E-state index contributed by atoms with van der Waals surface area (Å²) in [6.45, 7) is 2.64. The van der Waals surface area contributed by atoms with Gasteiger partial charge in [0.05, 0.1) is 35.6 Å². The van der Waals surface area contributed by atoms with Gasteiger partial charge in [0.2, 0.25) is 0 Å². The van der Waals surface area contributed by atoms with Gasteiger partial charge in [-0.2, -0.15) is 0 Å². The fourth-order valence-electron chi connectivity index (χ4n) is 6.82. The molecule has 1 aliphatic rings. The first-order valence-electron chi connectivity index (χ1n) is 16.5. The van der Waals surface area contributed by atoms with E-state index >= 15 is 0 Å². The van der Waals surface area contributed by atoms with Gasteiger partial charge >= 0.3 is 5.97 Å². The molecule has 7 aromatic rings. The van der Waals surface area contributed by atoms with Crippen LogP contribution in [0.3, 0.4) is 0 Å². The van der Waals surface area contributed by atoms with Gasteiger partial charge in [0.15, 0.2) is 4.80 Å². The predicted octanol–water partition coefficient (Wildman–Crippen LogP) is 7.10. The number of fused-ring (bicyclic) bond motifs is 3. The Hall–Kier alpha value is -5.99. The molecule has 0 bridgehead atoms. The molecular formula is C42H33N3O4S. The fraction of sp³-hybridized carbons (Fsp3) is 0.119. The lowest BCUT2D eigenvalue weighted by Gasteiger charge is -2.26. The highest BCUT2D eigenvalue weighted by atomic mass is 32.1. The van der Waals surface area contributed by atoms with Crippen molar-refractivity contribution in [3.8, 4) is 5.75 Å². The highest BCUT2D eigenvalue weighted by molar-refractivity contribution is 7.07. The molecule has 8 heteroatoms. The SMILES string of the molecule is CCOC(=O)C1=C(c2ccccc2)N=c2s/c(=C\c3cn(Cc4cccc5ccccc45)c4ccccc34)c(=O)n2[C@@H]1c1ccc(OC)cc1. The average molecular weight is 676 g/mol. The number of carbonyl (C=O) groups excluding carboxylic acids is 1. The molecule has 0 radical (unpaired) electrons. The van der Waals surface area contributed by atoms with Crippen LogP contribution in [0.2, 0.25) is 0 Å². The first-order valence-corrected chi connectivity index (χ1v) is 17.3. The summed E-state index contributed by atoms with van der Waals surface area (Å²) in [5.74, 6) is 0.160. The van der Waals surface area contributed by atoms with Crippen LogP contribution in [0.15, 0.2) is 143 Å². The summed E-state index contributed by atoms with van der Waals surface area (Å²) in [4.78, 5) is 33.9. The standard InChI is InChI=1S/C42H33N3O4S/c1-3-49-41(47)37-38(28-13-5-4-6-14-28)43-42-45(39(37)29-20-22-32(48-2)23-21-29)40(46)36(50-42)24-31-26-44(35-19-10-9-18-34(31)35)25-30-16-11-15-27-12-7-8-17-33(27)30/h4-24,26,39H,3,25H2,1-2H3/b36-24-/t39-/m1/s1. The molecule has 0 unspecified atom stereocenters. The maximum Gasteiger partial charge on any atom is 0.338 e. The quantitative estimate of drug-likeness (QED) is 0.161. The Kier molecular flexibility index (Phi) is 8.22. The molecule has 0 spiro atoms. The van der Waals surface area contributed by atoms with Crippen molar-refractivity contribution in [1.29, 1.82) is 0 Å². The number of nitrogens with zero attached hydrogens (tertiary/aromatic N) is 3. The van der Waals surface area contributed by atoms with Crippen LogP contribution >= 0.6 is 11.3 Å². The summed E-state index contributed by atoms with van der Waals surface area (Å²) in [6, 6.07) is 39.3. The number of methoxy groups -OCH3 is 1. The second-order valence-corrected chi connectivity index (χ2v) is 13.1. The molecule has 0 saturated carbocycles. The lowest BCUT2D eigenvalue weighted by molar-refractivity contribution is -0.138. The average Bonchev–Trinajstić information content (AvgIpc) is 3.67. The molecule has 0 aliphatic carbocycles. The minimum absolute atomic E-state index is 0.187. The van der Waals surface area contributed by atoms with Gasteiger partial charge in [-0.05, 0) is 53.1 Å². The van der Waals surface area contributed by atoms with E-state index in [1.54, 1.807) is 18.6 Å². The van der Waals surface area contributed by atoms with Gasteiger partial charge in [-0.1, -0.05) is 114 Å². The molecule has 1 atom stereocenters. The number of benzene rings is 5. The zero-order valence-electron chi connectivity index (χ0n) is 27.6. The zero-order chi connectivity index (χ0) is 34.2. The number of thiazole rings is 1. The minimum Gasteiger partial charge on any atom is -0.497 e. The van der Waals surface area contributed by atoms with Crippen LogP contribution in [-0.2, 0) is 16.1 Å².